The molecule has 0 fully saturated rings. The van der Waals surface area contributed by atoms with E-state index in [1.165, 1.54) is 0 Å². The van der Waals surface area contributed by atoms with Crippen molar-refractivity contribution >= 4 is 5.97 Å². The van der Waals surface area contributed by atoms with E-state index in [0.29, 0.717) is 13.0 Å². The number of rotatable bonds is 7. The summed E-state index contributed by atoms with van der Waals surface area (Å²) in [7, 11) is 0. The van der Waals surface area contributed by atoms with Gasteiger partial charge in [0.2, 0.25) is 0 Å². The van der Waals surface area contributed by atoms with E-state index in [-0.39, 0.29) is 13.0 Å². The highest BCUT2D eigenvalue weighted by atomic mass is 16.5. The summed E-state index contributed by atoms with van der Waals surface area (Å²) in [4.78, 5) is 10.6. The molecule has 0 aromatic rings. The minimum atomic E-state index is -0.849. The van der Waals surface area contributed by atoms with Gasteiger partial charge in [0.15, 0.2) is 0 Å². The predicted molar refractivity (Wildman–Crippen MR) is 48.5 cm³/mol. The molecule has 2 N–H and O–H groups in total. The van der Waals surface area contributed by atoms with Gasteiger partial charge in [-0.3, -0.25) is 4.79 Å². The lowest BCUT2D eigenvalue weighted by molar-refractivity contribution is -0.143. The fourth-order valence-electron chi connectivity index (χ4n) is 1.09. The molecule has 2 unspecified atom stereocenters. The van der Waals surface area contributed by atoms with E-state index in [1.54, 1.807) is 6.92 Å². The molecule has 0 heterocycles. The Morgan fingerprint density at radius 2 is 2.08 bits per heavy atom. The van der Waals surface area contributed by atoms with Crippen LogP contribution in [0.3, 0.4) is 0 Å². The number of ether oxygens (including phenoxy) is 1. The van der Waals surface area contributed by atoms with Crippen molar-refractivity contribution in [2.75, 3.05) is 13.2 Å². The fraction of sp³-hybridized carbons (Fsp3) is 0.889. The summed E-state index contributed by atoms with van der Waals surface area (Å²) >= 11 is 0. The van der Waals surface area contributed by atoms with Gasteiger partial charge in [-0.15, -0.1) is 0 Å². The molecule has 0 aliphatic rings. The van der Waals surface area contributed by atoms with Crippen LogP contribution in [-0.4, -0.2) is 35.5 Å². The average Bonchev–Trinajstić information content (AvgIpc) is 2.10. The van der Waals surface area contributed by atoms with Gasteiger partial charge in [0.05, 0.1) is 18.6 Å². The molecule has 0 saturated carbocycles. The Hall–Kier alpha value is -0.610. The topological polar surface area (TPSA) is 66.8 Å². The molecule has 0 aromatic heterocycles. The maximum absolute atomic E-state index is 10.6. The van der Waals surface area contributed by atoms with Gasteiger partial charge in [0, 0.05) is 6.61 Å². The molecule has 0 bridgehead atoms. The van der Waals surface area contributed by atoms with E-state index >= 15 is 0 Å². The van der Waals surface area contributed by atoms with Gasteiger partial charge in [-0.2, -0.15) is 0 Å². The largest absolute Gasteiger partial charge is 0.481 e. The second-order valence-electron chi connectivity index (χ2n) is 2.99. The highest BCUT2D eigenvalue weighted by molar-refractivity contribution is 5.69. The summed E-state index contributed by atoms with van der Waals surface area (Å²) in [6, 6.07) is 0. The SMILES string of the molecule is CCOCC(O)CC(CC)C(=O)O. The summed E-state index contributed by atoms with van der Waals surface area (Å²) in [5, 5.41) is 18.0. The first-order valence-corrected chi connectivity index (χ1v) is 4.60. The zero-order valence-corrected chi connectivity index (χ0v) is 8.19. The van der Waals surface area contributed by atoms with Gasteiger partial charge in [-0.25, -0.2) is 0 Å². The number of aliphatic hydroxyl groups is 1. The molecule has 0 radical (unpaired) electrons. The van der Waals surface area contributed by atoms with Crippen LogP contribution in [0, 0.1) is 5.92 Å². The van der Waals surface area contributed by atoms with Crippen molar-refractivity contribution in [1.82, 2.24) is 0 Å². The third-order valence-corrected chi connectivity index (χ3v) is 1.91. The van der Waals surface area contributed by atoms with Crippen molar-refractivity contribution in [2.45, 2.75) is 32.8 Å². The number of hydrogen-bond donors (Lipinski definition) is 2. The van der Waals surface area contributed by atoms with Crippen LogP contribution in [-0.2, 0) is 9.53 Å². The van der Waals surface area contributed by atoms with E-state index < -0.39 is 18.0 Å². The van der Waals surface area contributed by atoms with Gasteiger partial charge in [-0.05, 0) is 19.8 Å². The lowest BCUT2D eigenvalue weighted by Gasteiger charge is -2.14. The third kappa shape index (κ3) is 5.60. The quantitative estimate of drug-likeness (QED) is 0.625. The Morgan fingerprint density at radius 3 is 2.46 bits per heavy atom. The molecule has 2 atom stereocenters. The van der Waals surface area contributed by atoms with Crippen molar-refractivity contribution in [3.05, 3.63) is 0 Å². The Balaban J connectivity index is 3.73. The van der Waals surface area contributed by atoms with E-state index in [1.807, 2.05) is 6.92 Å². The van der Waals surface area contributed by atoms with Crippen molar-refractivity contribution in [3.8, 4) is 0 Å². The number of carbonyl (C=O) groups is 1. The van der Waals surface area contributed by atoms with Crippen LogP contribution in [0.15, 0.2) is 0 Å². The first kappa shape index (κ1) is 12.4. The zero-order chi connectivity index (χ0) is 10.3. The lowest BCUT2D eigenvalue weighted by Crippen LogP contribution is -2.23. The van der Waals surface area contributed by atoms with Crippen LogP contribution in [0.4, 0.5) is 0 Å². The Morgan fingerprint density at radius 1 is 1.46 bits per heavy atom. The second-order valence-corrected chi connectivity index (χ2v) is 2.99. The van der Waals surface area contributed by atoms with Crippen LogP contribution in [0.1, 0.15) is 26.7 Å². The Labute approximate surface area is 78.5 Å². The molecule has 0 amide bonds. The molecular weight excluding hydrogens is 172 g/mol. The van der Waals surface area contributed by atoms with Gasteiger partial charge in [0.25, 0.3) is 0 Å². The molecule has 4 nitrogen and oxygen atoms in total. The zero-order valence-electron chi connectivity index (χ0n) is 8.19. The molecule has 0 aliphatic carbocycles. The summed E-state index contributed by atoms with van der Waals surface area (Å²) in [5.74, 6) is -1.31. The molecule has 0 aromatic carbocycles. The molecule has 0 aliphatic heterocycles. The second kappa shape index (κ2) is 6.86. The van der Waals surface area contributed by atoms with E-state index in [4.69, 9.17) is 9.84 Å². The Kier molecular flexibility index (Phi) is 6.54. The van der Waals surface area contributed by atoms with Crippen molar-refractivity contribution in [1.29, 1.82) is 0 Å². The van der Waals surface area contributed by atoms with E-state index in [9.17, 15) is 9.90 Å². The minimum absolute atomic E-state index is 0.223. The first-order valence-electron chi connectivity index (χ1n) is 4.60. The number of carboxylic acids is 1. The fourth-order valence-corrected chi connectivity index (χ4v) is 1.09. The minimum Gasteiger partial charge on any atom is -0.481 e. The van der Waals surface area contributed by atoms with Gasteiger partial charge >= 0.3 is 5.97 Å². The van der Waals surface area contributed by atoms with Crippen LogP contribution >= 0.6 is 0 Å². The normalized spacial score (nSPS) is 15.3. The highest BCUT2D eigenvalue weighted by Crippen LogP contribution is 2.11. The molecule has 0 saturated heterocycles. The van der Waals surface area contributed by atoms with Crippen molar-refractivity contribution < 1.29 is 19.7 Å². The van der Waals surface area contributed by atoms with Crippen molar-refractivity contribution in [2.24, 2.45) is 5.92 Å². The summed E-state index contributed by atoms with van der Waals surface area (Å²) < 4.78 is 4.98. The highest BCUT2D eigenvalue weighted by Gasteiger charge is 2.19. The van der Waals surface area contributed by atoms with Crippen molar-refractivity contribution in [3.63, 3.8) is 0 Å². The van der Waals surface area contributed by atoms with Crippen LogP contribution in [0.5, 0.6) is 0 Å². The van der Waals surface area contributed by atoms with Gasteiger partial charge in [-0.1, -0.05) is 6.92 Å². The number of hydrogen-bond acceptors (Lipinski definition) is 3. The molecular formula is C9H18O4. The first-order chi connectivity index (χ1) is 6.11. The summed E-state index contributed by atoms with van der Waals surface area (Å²) in [6.45, 7) is 4.40. The summed E-state index contributed by atoms with van der Waals surface area (Å²) in [5.41, 5.74) is 0. The number of carboxylic acid groups (broad SMARTS) is 1. The number of aliphatic hydroxyl groups excluding tert-OH is 1. The summed E-state index contributed by atoms with van der Waals surface area (Å²) in [6.07, 6.45) is 0.144. The Bertz CT molecular complexity index is 147. The number of aliphatic carboxylic acids is 1. The average molecular weight is 190 g/mol. The van der Waals surface area contributed by atoms with Gasteiger partial charge in [0.1, 0.15) is 0 Å². The molecule has 0 spiro atoms. The third-order valence-electron chi connectivity index (χ3n) is 1.91. The van der Waals surface area contributed by atoms with Crippen LogP contribution < -0.4 is 0 Å². The molecule has 13 heavy (non-hydrogen) atoms. The monoisotopic (exact) mass is 190 g/mol. The predicted octanol–water partition coefficient (Wildman–Crippen LogP) is 0.885. The maximum atomic E-state index is 10.6. The van der Waals surface area contributed by atoms with Crippen LogP contribution in [0.2, 0.25) is 0 Å². The maximum Gasteiger partial charge on any atom is 0.306 e. The van der Waals surface area contributed by atoms with Crippen LogP contribution in [0.25, 0.3) is 0 Å². The molecule has 0 rings (SSSR count). The lowest BCUT2D eigenvalue weighted by atomic mass is 9.99. The van der Waals surface area contributed by atoms with E-state index in [0.717, 1.165) is 0 Å². The smallest absolute Gasteiger partial charge is 0.306 e. The van der Waals surface area contributed by atoms with E-state index in [2.05, 4.69) is 0 Å². The molecule has 78 valence electrons. The molecule has 4 heteroatoms. The standard InChI is InChI=1S/C9H18O4/c1-3-7(9(11)12)5-8(10)6-13-4-2/h7-8,10H,3-6H2,1-2H3,(H,11,12). The van der Waals surface area contributed by atoms with Gasteiger partial charge < -0.3 is 14.9 Å².